The van der Waals surface area contributed by atoms with Crippen LogP contribution in [0, 0.1) is 11.8 Å². The molecule has 0 radical (unpaired) electrons. The summed E-state index contributed by atoms with van der Waals surface area (Å²) >= 11 is 0. The average Bonchev–Trinajstić information content (AvgIpc) is 2.54. The van der Waals surface area contributed by atoms with E-state index >= 15 is 0 Å². The van der Waals surface area contributed by atoms with Crippen molar-refractivity contribution in [2.75, 3.05) is 39.3 Å². The Bertz CT molecular complexity index is 325. The second kappa shape index (κ2) is 14.2. The van der Waals surface area contributed by atoms with Crippen molar-refractivity contribution in [2.24, 2.45) is 11.8 Å². The molecule has 1 amide bonds. The number of amides is 1. The maximum atomic E-state index is 11.9. The zero-order chi connectivity index (χ0) is 15.6. The lowest BCUT2D eigenvalue weighted by Crippen LogP contribution is -2.35. The minimum atomic E-state index is 0. The number of unbranched alkanes of at least 4 members (excludes halogenated alkanes) is 1. The first-order valence-corrected chi connectivity index (χ1v) is 9.44. The first-order valence-electron chi connectivity index (χ1n) is 9.44. The van der Waals surface area contributed by atoms with Gasteiger partial charge in [0, 0.05) is 19.5 Å². The van der Waals surface area contributed by atoms with Crippen molar-refractivity contribution in [3.63, 3.8) is 0 Å². The monoisotopic (exact) mass is 381 g/mol. The van der Waals surface area contributed by atoms with Gasteiger partial charge in [-0.1, -0.05) is 6.92 Å². The number of hydrogen-bond donors (Lipinski definition) is 2. The number of piperidine rings is 2. The Morgan fingerprint density at radius 2 is 1.92 bits per heavy atom. The zero-order valence-electron chi connectivity index (χ0n) is 15.2. The van der Waals surface area contributed by atoms with E-state index in [1.807, 2.05) is 0 Å². The molecule has 2 fully saturated rings. The Balaban J connectivity index is 0.00000264. The molecule has 4 nitrogen and oxygen atoms in total. The number of halogens is 2. The average molecular weight is 382 g/mol. The number of rotatable bonds is 8. The van der Waals surface area contributed by atoms with Crippen molar-refractivity contribution in [3.05, 3.63) is 0 Å². The van der Waals surface area contributed by atoms with Crippen molar-refractivity contribution in [1.29, 1.82) is 0 Å². The third kappa shape index (κ3) is 10.1. The number of hydrogen-bond acceptors (Lipinski definition) is 3. The summed E-state index contributed by atoms with van der Waals surface area (Å²) in [5.74, 6) is 1.88. The maximum absolute atomic E-state index is 11.9. The van der Waals surface area contributed by atoms with Crippen LogP contribution in [0.1, 0.15) is 58.3 Å². The number of carbonyl (C=O) groups is 1. The van der Waals surface area contributed by atoms with Gasteiger partial charge in [-0.2, -0.15) is 0 Å². The third-order valence-electron chi connectivity index (χ3n) is 5.20. The Labute approximate surface area is 160 Å². The number of nitrogens with zero attached hydrogens (tertiary/aromatic N) is 1. The van der Waals surface area contributed by atoms with Crippen molar-refractivity contribution >= 4 is 30.7 Å². The molecule has 2 rings (SSSR count). The molecule has 0 aliphatic carbocycles. The first-order chi connectivity index (χ1) is 10.7. The van der Waals surface area contributed by atoms with Gasteiger partial charge in [0.1, 0.15) is 0 Å². The fourth-order valence-corrected chi connectivity index (χ4v) is 3.77. The fourth-order valence-electron chi connectivity index (χ4n) is 3.77. The summed E-state index contributed by atoms with van der Waals surface area (Å²) in [5.41, 5.74) is 0. The van der Waals surface area contributed by atoms with Gasteiger partial charge in [0.2, 0.25) is 5.91 Å². The van der Waals surface area contributed by atoms with Crippen LogP contribution in [-0.2, 0) is 4.79 Å². The summed E-state index contributed by atoms with van der Waals surface area (Å²) in [5, 5.41) is 6.47. The van der Waals surface area contributed by atoms with Crippen LogP contribution in [0.2, 0.25) is 0 Å². The molecule has 0 spiro atoms. The molecule has 0 aromatic carbocycles. The normalized spacial score (nSPS) is 22.3. The highest BCUT2D eigenvalue weighted by atomic mass is 35.5. The maximum Gasteiger partial charge on any atom is 0.220 e. The number of likely N-dealkylation sites (tertiary alicyclic amines) is 1. The lowest BCUT2D eigenvalue weighted by Gasteiger charge is -2.30. The van der Waals surface area contributed by atoms with Gasteiger partial charge in [-0.3, -0.25) is 4.79 Å². The quantitative estimate of drug-likeness (QED) is 0.634. The molecule has 2 saturated heterocycles. The van der Waals surface area contributed by atoms with E-state index in [1.165, 1.54) is 51.7 Å². The van der Waals surface area contributed by atoms with E-state index in [9.17, 15) is 4.79 Å². The van der Waals surface area contributed by atoms with Crippen LogP contribution in [-0.4, -0.2) is 50.1 Å². The summed E-state index contributed by atoms with van der Waals surface area (Å²) in [6.45, 7) is 9.21. The number of nitrogens with one attached hydrogen (secondary N) is 2. The summed E-state index contributed by atoms with van der Waals surface area (Å²) in [6.07, 6.45) is 9.33. The lowest BCUT2D eigenvalue weighted by molar-refractivity contribution is -0.121. The molecule has 2 aliphatic heterocycles. The Morgan fingerprint density at radius 3 is 2.62 bits per heavy atom. The Hall–Kier alpha value is -0.0300. The smallest absolute Gasteiger partial charge is 0.220 e. The third-order valence-corrected chi connectivity index (χ3v) is 5.20. The minimum absolute atomic E-state index is 0. The molecule has 2 N–H and O–H groups in total. The van der Waals surface area contributed by atoms with Gasteiger partial charge in [-0.15, -0.1) is 24.8 Å². The molecule has 24 heavy (non-hydrogen) atoms. The van der Waals surface area contributed by atoms with Crippen molar-refractivity contribution in [3.8, 4) is 0 Å². The van der Waals surface area contributed by atoms with E-state index in [4.69, 9.17) is 0 Å². The van der Waals surface area contributed by atoms with E-state index in [2.05, 4.69) is 22.5 Å². The highest BCUT2D eigenvalue weighted by Crippen LogP contribution is 2.17. The minimum Gasteiger partial charge on any atom is -0.356 e. The summed E-state index contributed by atoms with van der Waals surface area (Å²) in [7, 11) is 0. The Morgan fingerprint density at radius 1 is 1.17 bits per heavy atom. The SMILES string of the molecule is CC1CCCN(CCCCNC(=O)CCC2CCNCC2)C1.Cl.Cl. The molecule has 2 aliphatic rings. The zero-order valence-corrected chi connectivity index (χ0v) is 16.9. The summed E-state index contributed by atoms with van der Waals surface area (Å²) in [6, 6.07) is 0. The molecule has 0 saturated carbocycles. The van der Waals surface area contributed by atoms with Crippen LogP contribution in [0.15, 0.2) is 0 Å². The second-order valence-corrected chi connectivity index (χ2v) is 7.34. The van der Waals surface area contributed by atoms with Crippen molar-refractivity contribution in [2.45, 2.75) is 58.3 Å². The van der Waals surface area contributed by atoms with Gasteiger partial charge in [0.15, 0.2) is 0 Å². The molecular formula is C18H37Cl2N3O. The van der Waals surface area contributed by atoms with Crippen LogP contribution < -0.4 is 10.6 Å². The predicted molar refractivity (Wildman–Crippen MR) is 106 cm³/mol. The van der Waals surface area contributed by atoms with E-state index in [0.29, 0.717) is 6.42 Å². The van der Waals surface area contributed by atoms with Crippen LogP contribution in [0.3, 0.4) is 0 Å². The molecule has 1 atom stereocenters. The number of carbonyl (C=O) groups excluding carboxylic acids is 1. The largest absolute Gasteiger partial charge is 0.356 e. The standard InChI is InChI=1S/C18H35N3O.2ClH/c1-16-5-4-14-21(15-16)13-3-2-10-20-18(22)7-6-17-8-11-19-12-9-17;;/h16-17,19H,2-15H2,1H3,(H,20,22);2*1H. The molecule has 0 aromatic rings. The second-order valence-electron chi connectivity index (χ2n) is 7.34. The molecule has 2 heterocycles. The van der Waals surface area contributed by atoms with Gasteiger partial charge in [0.05, 0.1) is 0 Å². The molecule has 1 unspecified atom stereocenters. The van der Waals surface area contributed by atoms with E-state index < -0.39 is 0 Å². The molecule has 0 aromatic heterocycles. The van der Waals surface area contributed by atoms with E-state index in [1.54, 1.807) is 0 Å². The molecule has 6 heteroatoms. The van der Waals surface area contributed by atoms with Crippen molar-refractivity contribution < 1.29 is 4.79 Å². The topological polar surface area (TPSA) is 44.4 Å². The van der Waals surface area contributed by atoms with Gasteiger partial charge >= 0.3 is 0 Å². The first kappa shape index (κ1) is 24.0. The van der Waals surface area contributed by atoms with E-state index in [-0.39, 0.29) is 30.7 Å². The summed E-state index contributed by atoms with van der Waals surface area (Å²) in [4.78, 5) is 14.4. The predicted octanol–water partition coefficient (Wildman–Crippen LogP) is 3.24. The molecule has 0 bridgehead atoms. The highest BCUT2D eigenvalue weighted by Gasteiger charge is 2.16. The van der Waals surface area contributed by atoms with Crippen molar-refractivity contribution in [1.82, 2.24) is 15.5 Å². The van der Waals surface area contributed by atoms with Crippen LogP contribution in [0.5, 0.6) is 0 Å². The van der Waals surface area contributed by atoms with Crippen LogP contribution >= 0.6 is 24.8 Å². The van der Waals surface area contributed by atoms with Gasteiger partial charge in [-0.25, -0.2) is 0 Å². The van der Waals surface area contributed by atoms with Crippen LogP contribution in [0.25, 0.3) is 0 Å². The van der Waals surface area contributed by atoms with Gasteiger partial charge in [0.25, 0.3) is 0 Å². The van der Waals surface area contributed by atoms with Crippen LogP contribution in [0.4, 0.5) is 0 Å². The fraction of sp³-hybridized carbons (Fsp3) is 0.944. The molecule has 144 valence electrons. The molecular weight excluding hydrogens is 345 g/mol. The summed E-state index contributed by atoms with van der Waals surface area (Å²) < 4.78 is 0. The lowest BCUT2D eigenvalue weighted by atomic mass is 9.93. The van der Waals surface area contributed by atoms with Gasteiger partial charge in [-0.05, 0) is 83.0 Å². The van der Waals surface area contributed by atoms with E-state index in [0.717, 1.165) is 44.3 Å². The van der Waals surface area contributed by atoms with Gasteiger partial charge < -0.3 is 15.5 Å². The Kier molecular flexibility index (Phi) is 14.2. The highest BCUT2D eigenvalue weighted by molar-refractivity contribution is 5.85.